The van der Waals surface area contributed by atoms with Crippen LogP contribution in [-0.2, 0) is 0 Å². The van der Waals surface area contributed by atoms with Gasteiger partial charge in [0, 0.05) is 10.3 Å². The summed E-state index contributed by atoms with van der Waals surface area (Å²) in [5.41, 5.74) is 0.459. The van der Waals surface area contributed by atoms with Crippen LogP contribution in [0, 0.1) is 16.7 Å². The first-order chi connectivity index (χ1) is 5.95. The van der Waals surface area contributed by atoms with Crippen molar-refractivity contribution in [2.24, 2.45) is 5.41 Å². The van der Waals surface area contributed by atoms with Crippen LogP contribution in [0.2, 0.25) is 0 Å². The summed E-state index contributed by atoms with van der Waals surface area (Å²) in [7, 11) is 0. The first-order valence-corrected chi connectivity index (χ1v) is 4.99. The molecule has 1 rings (SSSR count). The van der Waals surface area contributed by atoms with Gasteiger partial charge in [-0.3, -0.25) is 0 Å². The van der Waals surface area contributed by atoms with Crippen LogP contribution in [0.3, 0.4) is 0 Å². The van der Waals surface area contributed by atoms with Crippen LogP contribution in [0.1, 0.15) is 37.3 Å². The molecule has 0 fully saturated rings. The van der Waals surface area contributed by atoms with E-state index in [0.717, 1.165) is 4.88 Å². The van der Waals surface area contributed by atoms with Crippen molar-refractivity contribution < 1.29 is 5.11 Å². The van der Waals surface area contributed by atoms with E-state index in [1.165, 1.54) is 11.3 Å². The first kappa shape index (κ1) is 10.2. The highest BCUT2D eigenvalue weighted by molar-refractivity contribution is 7.10. The fourth-order valence-electron chi connectivity index (χ4n) is 0.982. The normalized spacial score (nSPS) is 13.8. The van der Waals surface area contributed by atoms with Crippen molar-refractivity contribution in [2.75, 3.05) is 0 Å². The first-order valence-electron chi connectivity index (χ1n) is 4.12. The molecular weight excluding hydrogens is 182 g/mol. The van der Waals surface area contributed by atoms with Crippen LogP contribution in [0.4, 0.5) is 0 Å². The average Bonchev–Trinajstić information content (AvgIpc) is 2.48. The van der Waals surface area contributed by atoms with Crippen LogP contribution >= 0.6 is 11.3 Å². The van der Waals surface area contributed by atoms with Gasteiger partial charge in [0.15, 0.2) is 0 Å². The topological polar surface area (TPSA) is 44.0 Å². The summed E-state index contributed by atoms with van der Waals surface area (Å²) in [5.74, 6) is 0. The predicted octanol–water partition coefficient (Wildman–Crippen LogP) is 2.70. The van der Waals surface area contributed by atoms with E-state index in [-0.39, 0.29) is 5.41 Å². The zero-order valence-electron chi connectivity index (χ0n) is 8.03. The van der Waals surface area contributed by atoms with E-state index in [9.17, 15) is 5.11 Å². The number of aliphatic hydroxyl groups excluding tert-OH is 1. The van der Waals surface area contributed by atoms with Crippen LogP contribution in [-0.4, -0.2) is 5.11 Å². The van der Waals surface area contributed by atoms with Gasteiger partial charge in [-0.05, 0) is 11.5 Å². The molecule has 0 aromatic carbocycles. The van der Waals surface area contributed by atoms with Gasteiger partial charge < -0.3 is 5.11 Å². The molecule has 0 aliphatic heterocycles. The lowest BCUT2D eigenvalue weighted by Crippen LogP contribution is -2.16. The Bertz CT molecular complexity index is 329. The van der Waals surface area contributed by atoms with Crippen molar-refractivity contribution in [3.05, 3.63) is 21.9 Å². The quantitative estimate of drug-likeness (QED) is 0.748. The third kappa shape index (κ3) is 2.30. The second kappa shape index (κ2) is 3.49. The fourth-order valence-corrected chi connectivity index (χ4v) is 2.04. The second-order valence-corrected chi connectivity index (χ2v) is 5.06. The van der Waals surface area contributed by atoms with Crippen molar-refractivity contribution in [3.8, 4) is 6.07 Å². The molecule has 0 bridgehead atoms. The highest BCUT2D eigenvalue weighted by atomic mass is 32.1. The number of nitrogens with zero attached hydrogens (tertiary/aromatic N) is 1. The Hall–Kier alpha value is -0.850. The molecule has 1 aromatic heterocycles. The summed E-state index contributed by atoms with van der Waals surface area (Å²) in [4.78, 5) is 0.865. The minimum atomic E-state index is -0.486. The number of hydrogen-bond acceptors (Lipinski definition) is 3. The van der Waals surface area contributed by atoms with E-state index in [1.807, 2.05) is 20.8 Å². The van der Waals surface area contributed by atoms with Crippen molar-refractivity contribution in [1.29, 1.82) is 5.26 Å². The standard InChI is InChI=1S/C10H13NOS/c1-10(2,3)9(12)8-4-7(5-11)6-13-8/h4,6,9,12H,1-3H3. The Morgan fingerprint density at radius 1 is 1.54 bits per heavy atom. The van der Waals surface area contributed by atoms with E-state index in [2.05, 4.69) is 6.07 Å². The molecule has 3 heteroatoms. The minimum absolute atomic E-state index is 0.169. The minimum Gasteiger partial charge on any atom is -0.387 e. The lowest BCUT2D eigenvalue weighted by atomic mass is 9.88. The van der Waals surface area contributed by atoms with Crippen LogP contribution in [0.25, 0.3) is 0 Å². The maximum Gasteiger partial charge on any atom is 0.100 e. The maximum atomic E-state index is 9.87. The van der Waals surface area contributed by atoms with Gasteiger partial charge in [-0.15, -0.1) is 11.3 Å². The molecule has 1 unspecified atom stereocenters. The third-order valence-corrected chi connectivity index (χ3v) is 2.82. The van der Waals surface area contributed by atoms with Crippen LogP contribution in [0.5, 0.6) is 0 Å². The predicted molar refractivity (Wildman–Crippen MR) is 53.4 cm³/mol. The lowest BCUT2D eigenvalue weighted by Gasteiger charge is -2.24. The van der Waals surface area contributed by atoms with E-state index < -0.39 is 6.10 Å². The molecule has 1 atom stereocenters. The SMILES string of the molecule is CC(C)(C)C(O)c1cc(C#N)cs1. The zero-order chi connectivity index (χ0) is 10.1. The summed E-state index contributed by atoms with van der Waals surface area (Å²) in [6, 6.07) is 3.80. The molecule has 0 amide bonds. The van der Waals surface area contributed by atoms with Gasteiger partial charge in [0.2, 0.25) is 0 Å². The molecule has 1 aromatic rings. The summed E-state index contributed by atoms with van der Waals surface area (Å²) in [5, 5.41) is 20.2. The number of thiophene rings is 1. The molecule has 0 spiro atoms. The zero-order valence-corrected chi connectivity index (χ0v) is 8.85. The number of hydrogen-bond donors (Lipinski definition) is 1. The molecule has 0 saturated heterocycles. The summed E-state index contributed by atoms with van der Waals surface area (Å²) >= 11 is 1.44. The fraction of sp³-hybridized carbons (Fsp3) is 0.500. The molecule has 70 valence electrons. The molecule has 0 aliphatic carbocycles. The highest BCUT2D eigenvalue weighted by Gasteiger charge is 2.24. The smallest absolute Gasteiger partial charge is 0.100 e. The largest absolute Gasteiger partial charge is 0.387 e. The number of aliphatic hydroxyl groups is 1. The van der Waals surface area contributed by atoms with E-state index >= 15 is 0 Å². The van der Waals surface area contributed by atoms with Crippen molar-refractivity contribution in [1.82, 2.24) is 0 Å². The Morgan fingerprint density at radius 2 is 2.15 bits per heavy atom. The molecule has 1 heterocycles. The Labute approximate surface area is 82.4 Å². The number of nitriles is 1. The summed E-state index contributed by atoms with van der Waals surface area (Å²) in [6.45, 7) is 5.93. The van der Waals surface area contributed by atoms with Gasteiger partial charge in [0.1, 0.15) is 6.07 Å². The average molecular weight is 195 g/mol. The Balaban J connectivity index is 2.91. The van der Waals surface area contributed by atoms with Crippen LogP contribution in [0.15, 0.2) is 11.4 Å². The summed E-state index contributed by atoms with van der Waals surface area (Å²) < 4.78 is 0. The van der Waals surface area contributed by atoms with Crippen molar-refractivity contribution in [3.63, 3.8) is 0 Å². The van der Waals surface area contributed by atoms with E-state index in [4.69, 9.17) is 5.26 Å². The molecular formula is C10H13NOS. The van der Waals surface area contributed by atoms with Crippen LogP contribution < -0.4 is 0 Å². The van der Waals surface area contributed by atoms with Gasteiger partial charge in [-0.1, -0.05) is 20.8 Å². The molecule has 13 heavy (non-hydrogen) atoms. The second-order valence-electron chi connectivity index (χ2n) is 4.12. The number of rotatable bonds is 1. The molecule has 0 aliphatic rings. The van der Waals surface area contributed by atoms with Gasteiger partial charge in [0.25, 0.3) is 0 Å². The molecule has 2 nitrogen and oxygen atoms in total. The van der Waals surface area contributed by atoms with Gasteiger partial charge >= 0.3 is 0 Å². The molecule has 1 N–H and O–H groups in total. The highest BCUT2D eigenvalue weighted by Crippen LogP contribution is 2.35. The van der Waals surface area contributed by atoms with Crippen molar-refractivity contribution in [2.45, 2.75) is 26.9 Å². The molecule has 0 saturated carbocycles. The Morgan fingerprint density at radius 3 is 2.54 bits per heavy atom. The maximum absolute atomic E-state index is 9.87. The van der Waals surface area contributed by atoms with E-state index in [1.54, 1.807) is 11.4 Å². The van der Waals surface area contributed by atoms with E-state index in [0.29, 0.717) is 5.56 Å². The molecule has 0 radical (unpaired) electrons. The summed E-state index contributed by atoms with van der Waals surface area (Å²) in [6.07, 6.45) is -0.486. The lowest BCUT2D eigenvalue weighted by molar-refractivity contribution is 0.0658. The van der Waals surface area contributed by atoms with Gasteiger partial charge in [0.05, 0.1) is 11.7 Å². The third-order valence-electron chi connectivity index (χ3n) is 1.84. The van der Waals surface area contributed by atoms with Crippen molar-refractivity contribution >= 4 is 11.3 Å². The van der Waals surface area contributed by atoms with Gasteiger partial charge in [-0.25, -0.2) is 0 Å². The monoisotopic (exact) mass is 195 g/mol. The Kier molecular flexibility index (Phi) is 2.74. The van der Waals surface area contributed by atoms with Gasteiger partial charge in [-0.2, -0.15) is 5.26 Å².